The number of rotatable bonds is 54. The molecule has 0 radical (unpaired) electrons. The van der Waals surface area contributed by atoms with Gasteiger partial charge in [0.1, 0.15) is 13.2 Å². The van der Waals surface area contributed by atoms with Crippen molar-refractivity contribution >= 4 is 17.9 Å². The molecule has 0 rings (SSSR count). The van der Waals surface area contributed by atoms with E-state index in [-0.39, 0.29) is 44.0 Å². The molecule has 0 spiro atoms. The van der Waals surface area contributed by atoms with E-state index in [2.05, 4.69) is 136 Å². The Morgan fingerprint density at radius 3 is 0.867 bits per heavy atom. The predicted octanol–water partition coefficient (Wildman–Crippen LogP) is 21.0. The van der Waals surface area contributed by atoms with Gasteiger partial charge in [-0.2, -0.15) is 0 Å². The molecule has 0 aromatic carbocycles. The number of ether oxygens (including phenoxy) is 3. The van der Waals surface area contributed by atoms with E-state index in [1.165, 1.54) is 128 Å². The minimum absolute atomic E-state index is 0.143. The fourth-order valence-corrected chi connectivity index (χ4v) is 8.10. The molecule has 0 heterocycles. The second-order valence-corrected chi connectivity index (χ2v) is 19.9. The summed E-state index contributed by atoms with van der Waals surface area (Å²) in [7, 11) is 0. The standard InChI is InChI=1S/C69H112O6/c1-4-7-10-13-16-19-22-25-28-31-34-37-40-43-46-49-52-55-58-61-67(70)73-64-66(75-69(72)63-60-57-54-51-48-45-42-39-36-33-30-27-24-21-18-15-12-9-6-3)65-74-68(71)62-59-56-53-50-47-44-41-38-35-32-29-26-23-20-17-14-11-8-5-2/h7,10,16-17,19-20,25-26,28-29,34-35,37-38,43-44,46-47,52-53,55-56,66H,4-6,8-9,11-15,18,21-24,27,30-33,36,39-42,45,48-51,54,57-65H2,1-3H3/b10-7-,19-16-,20-17-,28-25-,29-26-,37-34-,38-35-,46-43-,47-44-,55-52-,56-53-/t66-/m1/s1. The molecule has 1 atom stereocenters. The van der Waals surface area contributed by atoms with E-state index < -0.39 is 6.10 Å². The first-order chi connectivity index (χ1) is 37.0. The number of allylic oxidation sites excluding steroid dienone is 22. The first-order valence-electron chi connectivity index (χ1n) is 30.7. The summed E-state index contributed by atoms with van der Waals surface area (Å²) in [5.74, 6) is -1.10. The number of carbonyl (C=O) groups is 3. The fourth-order valence-electron chi connectivity index (χ4n) is 8.10. The number of hydrogen-bond acceptors (Lipinski definition) is 6. The minimum atomic E-state index is -0.843. The smallest absolute Gasteiger partial charge is 0.306 e. The highest BCUT2D eigenvalue weighted by molar-refractivity contribution is 5.71. The summed E-state index contributed by atoms with van der Waals surface area (Å²) in [5.41, 5.74) is 0. The van der Waals surface area contributed by atoms with Crippen LogP contribution >= 0.6 is 0 Å². The number of carbonyl (C=O) groups excluding carboxylic acids is 3. The molecule has 0 saturated carbocycles. The molecule has 0 unspecified atom stereocenters. The van der Waals surface area contributed by atoms with Crippen LogP contribution < -0.4 is 0 Å². The van der Waals surface area contributed by atoms with Gasteiger partial charge >= 0.3 is 17.9 Å². The fraction of sp³-hybridized carbons (Fsp3) is 0.638. The third kappa shape index (κ3) is 60.3. The van der Waals surface area contributed by atoms with Crippen molar-refractivity contribution in [3.63, 3.8) is 0 Å². The number of unbranched alkanes of at least 4 members (excludes halogenated alkanes) is 21. The van der Waals surface area contributed by atoms with Gasteiger partial charge in [-0.1, -0.05) is 283 Å². The third-order valence-corrected chi connectivity index (χ3v) is 12.7. The summed E-state index contributed by atoms with van der Waals surface area (Å²) in [6.45, 7) is 6.38. The van der Waals surface area contributed by atoms with Gasteiger partial charge in [0, 0.05) is 19.3 Å². The topological polar surface area (TPSA) is 78.9 Å². The molecule has 0 aromatic heterocycles. The van der Waals surface area contributed by atoms with Gasteiger partial charge in [0.2, 0.25) is 0 Å². The van der Waals surface area contributed by atoms with Crippen LogP contribution in [0.4, 0.5) is 0 Å². The Labute approximate surface area is 462 Å². The molecule has 424 valence electrons. The van der Waals surface area contributed by atoms with Crippen molar-refractivity contribution in [1.82, 2.24) is 0 Å². The van der Waals surface area contributed by atoms with Gasteiger partial charge in [-0.15, -0.1) is 0 Å². The Balaban J connectivity index is 4.59. The van der Waals surface area contributed by atoms with Gasteiger partial charge in [-0.3, -0.25) is 14.4 Å². The van der Waals surface area contributed by atoms with Crippen molar-refractivity contribution in [2.24, 2.45) is 0 Å². The maximum absolute atomic E-state index is 12.9. The summed E-state index contributed by atoms with van der Waals surface area (Å²) in [5, 5.41) is 0. The molecule has 0 fully saturated rings. The van der Waals surface area contributed by atoms with Gasteiger partial charge in [0.05, 0.1) is 0 Å². The van der Waals surface area contributed by atoms with Gasteiger partial charge in [0.15, 0.2) is 6.10 Å². The van der Waals surface area contributed by atoms with Crippen LogP contribution in [0.15, 0.2) is 134 Å². The van der Waals surface area contributed by atoms with E-state index in [1.807, 2.05) is 18.2 Å². The SMILES string of the molecule is CC/C=C\C/C=C\C/C=C\C/C=C\C/C=C\C/C=C\CCC(=O)OC[C@H](COC(=O)CC/C=C\C/C=C\C/C=C\C/C=C\C/C=C\CCCCC)OC(=O)CCCCCCCCCCCCCCCCCCCCC. The van der Waals surface area contributed by atoms with Crippen LogP contribution in [0.1, 0.15) is 265 Å². The zero-order valence-electron chi connectivity index (χ0n) is 48.5. The lowest BCUT2D eigenvalue weighted by Gasteiger charge is -2.18. The molecule has 0 aliphatic heterocycles. The summed E-state index contributed by atoms with van der Waals surface area (Å²) >= 11 is 0. The molecule has 0 aliphatic carbocycles. The van der Waals surface area contributed by atoms with Crippen LogP contribution in [0.3, 0.4) is 0 Å². The Kier molecular flexibility index (Phi) is 58.4. The lowest BCUT2D eigenvalue weighted by Crippen LogP contribution is -2.30. The molecular weight excluding hydrogens is 925 g/mol. The van der Waals surface area contributed by atoms with Crippen molar-refractivity contribution < 1.29 is 28.6 Å². The Hall–Kier alpha value is -4.45. The molecule has 0 saturated heterocycles. The largest absolute Gasteiger partial charge is 0.462 e. The lowest BCUT2D eigenvalue weighted by atomic mass is 10.0. The van der Waals surface area contributed by atoms with Crippen molar-refractivity contribution in [2.45, 2.75) is 271 Å². The molecule has 0 N–H and O–H groups in total. The predicted molar refractivity (Wildman–Crippen MR) is 325 cm³/mol. The van der Waals surface area contributed by atoms with E-state index in [9.17, 15) is 14.4 Å². The van der Waals surface area contributed by atoms with Gasteiger partial charge in [-0.25, -0.2) is 0 Å². The van der Waals surface area contributed by atoms with Crippen molar-refractivity contribution in [2.75, 3.05) is 13.2 Å². The molecule has 75 heavy (non-hydrogen) atoms. The lowest BCUT2D eigenvalue weighted by molar-refractivity contribution is -0.166. The van der Waals surface area contributed by atoms with Crippen LogP contribution in [0.5, 0.6) is 0 Å². The first-order valence-corrected chi connectivity index (χ1v) is 30.7. The zero-order valence-corrected chi connectivity index (χ0v) is 48.5. The van der Waals surface area contributed by atoms with E-state index in [4.69, 9.17) is 14.2 Å². The van der Waals surface area contributed by atoms with Crippen LogP contribution in [0.25, 0.3) is 0 Å². The first kappa shape index (κ1) is 70.5. The second kappa shape index (κ2) is 62.1. The monoisotopic (exact) mass is 1040 g/mol. The normalized spacial score (nSPS) is 13.1. The van der Waals surface area contributed by atoms with E-state index >= 15 is 0 Å². The summed E-state index contributed by atoms with van der Waals surface area (Å²) in [4.78, 5) is 38.2. The molecule has 0 bridgehead atoms. The molecule has 0 aliphatic rings. The van der Waals surface area contributed by atoms with Gasteiger partial charge in [0.25, 0.3) is 0 Å². The van der Waals surface area contributed by atoms with Crippen LogP contribution in [0.2, 0.25) is 0 Å². The van der Waals surface area contributed by atoms with E-state index in [0.29, 0.717) is 19.3 Å². The molecule has 0 amide bonds. The third-order valence-electron chi connectivity index (χ3n) is 12.7. The van der Waals surface area contributed by atoms with Crippen LogP contribution in [0, 0.1) is 0 Å². The molecule has 0 aromatic rings. The van der Waals surface area contributed by atoms with Crippen molar-refractivity contribution in [3.05, 3.63) is 134 Å². The Morgan fingerprint density at radius 2 is 0.547 bits per heavy atom. The quantitative estimate of drug-likeness (QED) is 0.0261. The molecule has 6 nitrogen and oxygen atoms in total. The minimum Gasteiger partial charge on any atom is -0.462 e. The number of esters is 3. The summed E-state index contributed by atoms with van der Waals surface area (Å²) in [6, 6.07) is 0. The van der Waals surface area contributed by atoms with Crippen LogP contribution in [-0.4, -0.2) is 37.2 Å². The zero-order chi connectivity index (χ0) is 54.3. The average molecular weight is 1040 g/mol. The highest BCUT2D eigenvalue weighted by Gasteiger charge is 2.19. The van der Waals surface area contributed by atoms with E-state index in [1.54, 1.807) is 0 Å². The van der Waals surface area contributed by atoms with Crippen molar-refractivity contribution in [1.29, 1.82) is 0 Å². The highest BCUT2D eigenvalue weighted by atomic mass is 16.6. The summed E-state index contributed by atoms with van der Waals surface area (Å²) in [6.07, 6.45) is 87.6. The Morgan fingerprint density at radius 1 is 0.280 bits per heavy atom. The van der Waals surface area contributed by atoms with Crippen LogP contribution in [-0.2, 0) is 28.6 Å². The highest BCUT2D eigenvalue weighted by Crippen LogP contribution is 2.16. The number of hydrogen-bond donors (Lipinski definition) is 0. The Bertz CT molecular complexity index is 1620. The second-order valence-electron chi connectivity index (χ2n) is 19.9. The average Bonchev–Trinajstić information content (AvgIpc) is 3.41. The maximum atomic E-state index is 12.9. The van der Waals surface area contributed by atoms with Gasteiger partial charge < -0.3 is 14.2 Å². The summed E-state index contributed by atoms with van der Waals surface area (Å²) < 4.78 is 16.8. The molecular formula is C69H112O6. The van der Waals surface area contributed by atoms with E-state index in [0.717, 1.165) is 83.5 Å². The molecule has 6 heteroatoms. The van der Waals surface area contributed by atoms with Crippen molar-refractivity contribution in [3.8, 4) is 0 Å². The maximum Gasteiger partial charge on any atom is 0.306 e. The van der Waals surface area contributed by atoms with Gasteiger partial charge in [-0.05, 0) is 96.3 Å².